The van der Waals surface area contributed by atoms with Crippen molar-refractivity contribution in [2.45, 2.75) is 6.92 Å². The molecule has 140 valence electrons. The van der Waals surface area contributed by atoms with Crippen LogP contribution in [-0.4, -0.2) is 89.8 Å². The van der Waals surface area contributed by atoms with Gasteiger partial charge in [-0.05, 0) is 47.7 Å². The highest BCUT2D eigenvalue weighted by Gasteiger charge is 2.12. The van der Waals surface area contributed by atoms with Crippen molar-refractivity contribution in [1.82, 2.24) is 19.8 Å². The third-order valence-electron chi connectivity index (χ3n) is 3.16. The van der Waals surface area contributed by atoms with Crippen LogP contribution in [-0.2, 0) is 0 Å². The van der Waals surface area contributed by atoms with E-state index in [-0.39, 0.29) is 5.41 Å². The van der Waals surface area contributed by atoms with E-state index in [1.54, 1.807) is 0 Å². The maximum atomic E-state index is 3.85. The van der Waals surface area contributed by atoms with Crippen molar-refractivity contribution < 1.29 is 0 Å². The number of nitrogens with zero attached hydrogens (tertiary/aromatic N) is 4. The lowest BCUT2D eigenvalue weighted by atomic mass is 9.90. The molecule has 1 aliphatic carbocycles. The summed E-state index contributed by atoms with van der Waals surface area (Å²) in [5, 5.41) is 4.00. The van der Waals surface area contributed by atoms with Gasteiger partial charge in [-0.25, -0.2) is 10.0 Å². The Kier molecular flexibility index (Phi) is 13.7. The van der Waals surface area contributed by atoms with Crippen LogP contribution in [0.2, 0.25) is 0 Å². The summed E-state index contributed by atoms with van der Waals surface area (Å²) in [5.41, 5.74) is 1.33. The molecule has 0 heterocycles. The molecule has 0 aromatic heterocycles. The minimum absolute atomic E-state index is 0.00453. The molecule has 1 unspecified atom stereocenters. The topological polar surface area (TPSA) is 13.0 Å². The Morgan fingerprint density at radius 2 is 1.38 bits per heavy atom. The van der Waals surface area contributed by atoms with E-state index >= 15 is 0 Å². The molecule has 0 spiro atoms. The molecule has 4 heteroatoms. The fourth-order valence-corrected chi connectivity index (χ4v) is 1.38. The van der Waals surface area contributed by atoms with Gasteiger partial charge in [-0.3, -0.25) is 0 Å². The molecule has 0 saturated carbocycles. The maximum Gasteiger partial charge on any atom is 0.0227 e. The van der Waals surface area contributed by atoms with Gasteiger partial charge in [0.2, 0.25) is 0 Å². The fourth-order valence-electron chi connectivity index (χ4n) is 1.38. The molecule has 1 rings (SSSR count). The molecule has 0 N–H and O–H groups in total. The molecule has 1 atom stereocenters. The summed E-state index contributed by atoms with van der Waals surface area (Å²) in [5.74, 6) is 0. The van der Waals surface area contributed by atoms with Gasteiger partial charge in [0.25, 0.3) is 0 Å². The van der Waals surface area contributed by atoms with Crippen molar-refractivity contribution in [2.24, 2.45) is 5.41 Å². The smallest absolute Gasteiger partial charge is 0.0227 e. The maximum absolute atomic E-state index is 3.85. The molecule has 0 radical (unpaired) electrons. The first-order valence-corrected chi connectivity index (χ1v) is 8.25. The average molecular weight is 337 g/mol. The molecule has 0 amide bonds. The zero-order valence-electron chi connectivity index (χ0n) is 17.7. The van der Waals surface area contributed by atoms with E-state index in [1.807, 2.05) is 70.3 Å². The fraction of sp³-hybridized carbons (Fsp3) is 0.600. The first-order valence-electron chi connectivity index (χ1n) is 8.25. The Morgan fingerprint density at radius 3 is 1.71 bits per heavy atom. The number of rotatable bonds is 4. The minimum Gasteiger partial charge on any atom is -0.312 e. The Bertz CT molecular complexity index is 409. The zero-order chi connectivity index (χ0) is 19.3. The predicted octanol–water partition coefficient (Wildman–Crippen LogP) is 3.00. The summed E-state index contributed by atoms with van der Waals surface area (Å²) in [6, 6.07) is 0. The van der Waals surface area contributed by atoms with Gasteiger partial charge < -0.3 is 9.80 Å². The lowest BCUT2D eigenvalue weighted by Gasteiger charge is -2.17. The number of hydrogen-bond acceptors (Lipinski definition) is 4. The zero-order valence-corrected chi connectivity index (χ0v) is 17.7. The van der Waals surface area contributed by atoms with Crippen molar-refractivity contribution in [2.75, 3.05) is 70.0 Å². The van der Waals surface area contributed by atoms with E-state index in [0.717, 1.165) is 6.54 Å². The average Bonchev–Trinajstić information content (AvgIpc) is 2.61. The van der Waals surface area contributed by atoms with E-state index in [2.05, 4.69) is 62.9 Å². The van der Waals surface area contributed by atoms with E-state index in [1.165, 1.54) is 5.57 Å². The van der Waals surface area contributed by atoms with Crippen LogP contribution < -0.4 is 0 Å². The van der Waals surface area contributed by atoms with E-state index < -0.39 is 0 Å². The largest absolute Gasteiger partial charge is 0.312 e. The normalized spacial score (nSPS) is 19.5. The van der Waals surface area contributed by atoms with Crippen LogP contribution in [0.15, 0.2) is 48.6 Å². The highest BCUT2D eigenvalue weighted by Crippen LogP contribution is 2.24. The van der Waals surface area contributed by atoms with Crippen LogP contribution in [0, 0.1) is 5.41 Å². The summed E-state index contributed by atoms with van der Waals surface area (Å²) in [6.45, 7) is 6.98. The molecule has 0 bridgehead atoms. The molecule has 4 nitrogen and oxygen atoms in total. The Hall–Kier alpha value is -1.20. The molecule has 0 fully saturated rings. The number of likely N-dealkylation sites (N-methyl/N-ethyl adjacent to an activating group) is 1. The third kappa shape index (κ3) is 15.7. The van der Waals surface area contributed by atoms with Gasteiger partial charge in [-0.15, -0.1) is 6.58 Å². The Balaban J connectivity index is 0. The summed E-state index contributed by atoms with van der Waals surface area (Å²) in [7, 11) is 18.2. The second-order valence-electron chi connectivity index (χ2n) is 7.28. The Morgan fingerprint density at radius 1 is 0.917 bits per heavy atom. The van der Waals surface area contributed by atoms with E-state index in [4.69, 9.17) is 0 Å². The molecular weight excluding hydrogens is 296 g/mol. The van der Waals surface area contributed by atoms with E-state index in [0.29, 0.717) is 0 Å². The highest BCUT2D eigenvalue weighted by molar-refractivity contribution is 5.34. The molecule has 0 aromatic rings. The summed E-state index contributed by atoms with van der Waals surface area (Å²) in [6.07, 6.45) is 12.8. The highest BCUT2D eigenvalue weighted by atomic mass is 15.6. The van der Waals surface area contributed by atoms with Crippen LogP contribution >= 0.6 is 0 Å². The Labute approximate surface area is 151 Å². The van der Waals surface area contributed by atoms with Crippen LogP contribution in [0.5, 0.6) is 0 Å². The molecular formula is C20H40N4. The number of hydrazine groups is 1. The van der Waals surface area contributed by atoms with Crippen LogP contribution in [0.4, 0.5) is 0 Å². The van der Waals surface area contributed by atoms with Crippen molar-refractivity contribution in [1.29, 1.82) is 0 Å². The first-order chi connectivity index (χ1) is 10.9. The van der Waals surface area contributed by atoms with Gasteiger partial charge in [-0.1, -0.05) is 36.5 Å². The molecule has 0 saturated heterocycles. The van der Waals surface area contributed by atoms with Gasteiger partial charge in [0.05, 0.1) is 0 Å². The van der Waals surface area contributed by atoms with Gasteiger partial charge in [0.1, 0.15) is 0 Å². The van der Waals surface area contributed by atoms with Gasteiger partial charge in [0, 0.05) is 40.2 Å². The summed E-state index contributed by atoms with van der Waals surface area (Å²) in [4.78, 5) is 4.17. The quantitative estimate of drug-likeness (QED) is 0.578. The van der Waals surface area contributed by atoms with Gasteiger partial charge >= 0.3 is 0 Å². The van der Waals surface area contributed by atoms with Crippen LogP contribution in [0.25, 0.3) is 0 Å². The second-order valence-corrected chi connectivity index (χ2v) is 7.28. The molecule has 24 heavy (non-hydrogen) atoms. The van der Waals surface area contributed by atoms with Gasteiger partial charge in [-0.2, -0.15) is 0 Å². The summed E-state index contributed by atoms with van der Waals surface area (Å²) < 4.78 is 0. The first kappa shape index (κ1) is 25.0. The van der Waals surface area contributed by atoms with Crippen molar-refractivity contribution >= 4 is 0 Å². The van der Waals surface area contributed by atoms with Crippen molar-refractivity contribution in [3.8, 4) is 0 Å². The lowest BCUT2D eigenvalue weighted by molar-refractivity contribution is 0.0894. The molecule has 1 aliphatic rings. The number of allylic oxidation sites excluding steroid dienone is 5. The lowest BCUT2D eigenvalue weighted by Crippen LogP contribution is -2.28. The van der Waals surface area contributed by atoms with Crippen LogP contribution in [0.3, 0.4) is 0 Å². The SMILES string of the molecule is C=CC1(C)C=CC=C(CN(C)C)C=C1.CN(C)C.CN(C)N(C)C. The van der Waals surface area contributed by atoms with Crippen molar-refractivity contribution in [3.63, 3.8) is 0 Å². The summed E-state index contributed by atoms with van der Waals surface area (Å²) >= 11 is 0. The number of hydrogen-bond donors (Lipinski definition) is 0. The predicted molar refractivity (Wildman–Crippen MR) is 110 cm³/mol. The van der Waals surface area contributed by atoms with E-state index in [9.17, 15) is 0 Å². The molecule has 0 aromatic carbocycles. The second kappa shape index (κ2) is 13.1. The molecule has 0 aliphatic heterocycles. The standard InChI is InChI=1S/C13H19N.C4H12N2.C3H9N/c1-5-13(2)9-6-7-12(8-10-13)11-14(3)4;1-5(2)6(3)4;1-4(2)3/h5-10H,1,11H2,2-4H3;1-4H3;1-3H3. The third-order valence-corrected chi connectivity index (χ3v) is 3.16. The monoisotopic (exact) mass is 336 g/mol. The van der Waals surface area contributed by atoms with Gasteiger partial charge in [0.15, 0.2) is 0 Å². The van der Waals surface area contributed by atoms with Crippen LogP contribution in [0.1, 0.15) is 6.92 Å². The van der Waals surface area contributed by atoms with Crippen molar-refractivity contribution in [3.05, 3.63) is 48.6 Å². The minimum atomic E-state index is 0.00453.